The second-order valence-corrected chi connectivity index (χ2v) is 4.50. The van der Waals surface area contributed by atoms with Crippen LogP contribution in [0.5, 0.6) is 0 Å². The van der Waals surface area contributed by atoms with Gasteiger partial charge in [0.15, 0.2) is 0 Å². The van der Waals surface area contributed by atoms with Crippen molar-refractivity contribution in [3.63, 3.8) is 0 Å². The number of benzene rings is 1. The van der Waals surface area contributed by atoms with Gasteiger partial charge < -0.3 is 10.6 Å². The van der Waals surface area contributed by atoms with Crippen LogP contribution in [0.2, 0.25) is 0 Å². The Kier molecular flexibility index (Phi) is 3.13. The smallest absolute Gasteiger partial charge is 0.313 e. The Morgan fingerprint density at radius 1 is 1.12 bits per heavy atom. The molecular weight excluding hydrogens is 216 g/mol. The van der Waals surface area contributed by atoms with Crippen molar-refractivity contribution in [2.45, 2.75) is 32.7 Å². The third-order valence-corrected chi connectivity index (χ3v) is 2.88. The lowest BCUT2D eigenvalue weighted by atomic mass is 10.1. The van der Waals surface area contributed by atoms with Crippen molar-refractivity contribution in [3.8, 4) is 0 Å². The molecule has 2 amide bonds. The average Bonchev–Trinajstić information content (AvgIpc) is 3.07. The summed E-state index contributed by atoms with van der Waals surface area (Å²) in [6.07, 6.45) is 1.95. The minimum absolute atomic E-state index is 0.202. The van der Waals surface area contributed by atoms with Crippen molar-refractivity contribution >= 4 is 17.5 Å². The summed E-state index contributed by atoms with van der Waals surface area (Å²) in [4.78, 5) is 23.0. The average molecular weight is 232 g/mol. The Labute approximate surface area is 100 Å². The molecule has 1 aromatic rings. The van der Waals surface area contributed by atoms with Gasteiger partial charge in [0.25, 0.3) is 0 Å². The van der Waals surface area contributed by atoms with E-state index in [4.69, 9.17) is 0 Å². The van der Waals surface area contributed by atoms with Gasteiger partial charge in [-0.05, 0) is 49.9 Å². The van der Waals surface area contributed by atoms with E-state index >= 15 is 0 Å². The molecule has 2 rings (SSSR count). The molecule has 1 aliphatic carbocycles. The van der Waals surface area contributed by atoms with Crippen molar-refractivity contribution in [1.29, 1.82) is 0 Å². The van der Waals surface area contributed by atoms with E-state index in [0.29, 0.717) is 5.69 Å². The standard InChI is InChI=1S/C13H16N2O2/c1-8-3-4-11(7-9(8)2)15-13(17)12(16)14-10-5-6-10/h3-4,7,10H,5-6H2,1-2H3,(H,14,16)(H,15,17). The second-order valence-electron chi connectivity index (χ2n) is 4.50. The van der Waals surface area contributed by atoms with Crippen LogP contribution in [0, 0.1) is 13.8 Å². The van der Waals surface area contributed by atoms with Gasteiger partial charge in [-0.2, -0.15) is 0 Å². The van der Waals surface area contributed by atoms with Gasteiger partial charge in [0.05, 0.1) is 0 Å². The molecule has 4 nitrogen and oxygen atoms in total. The summed E-state index contributed by atoms with van der Waals surface area (Å²) >= 11 is 0. The molecule has 0 unspecified atom stereocenters. The van der Waals surface area contributed by atoms with E-state index in [1.165, 1.54) is 0 Å². The summed E-state index contributed by atoms with van der Waals surface area (Å²) in [6, 6.07) is 5.78. The zero-order valence-electron chi connectivity index (χ0n) is 10.0. The number of amides is 2. The van der Waals surface area contributed by atoms with Gasteiger partial charge in [-0.25, -0.2) is 0 Å². The largest absolute Gasteiger partial charge is 0.345 e. The van der Waals surface area contributed by atoms with Gasteiger partial charge in [0.1, 0.15) is 0 Å². The van der Waals surface area contributed by atoms with E-state index in [1.807, 2.05) is 26.0 Å². The number of carbonyl (C=O) groups excluding carboxylic acids is 2. The highest BCUT2D eigenvalue weighted by molar-refractivity contribution is 6.39. The summed E-state index contributed by atoms with van der Waals surface area (Å²) in [7, 11) is 0. The number of aryl methyl sites for hydroxylation is 2. The third-order valence-electron chi connectivity index (χ3n) is 2.88. The lowest BCUT2D eigenvalue weighted by molar-refractivity contribution is -0.136. The Hall–Kier alpha value is -1.84. The Morgan fingerprint density at radius 2 is 1.82 bits per heavy atom. The van der Waals surface area contributed by atoms with Crippen molar-refractivity contribution in [2.75, 3.05) is 5.32 Å². The summed E-state index contributed by atoms with van der Waals surface area (Å²) in [5.41, 5.74) is 2.90. The lowest BCUT2D eigenvalue weighted by Crippen LogP contribution is -2.36. The van der Waals surface area contributed by atoms with Crippen molar-refractivity contribution in [3.05, 3.63) is 29.3 Å². The fourth-order valence-corrected chi connectivity index (χ4v) is 1.49. The zero-order valence-corrected chi connectivity index (χ0v) is 10.0. The number of nitrogens with one attached hydrogen (secondary N) is 2. The first-order chi connectivity index (χ1) is 8.06. The van der Waals surface area contributed by atoms with Gasteiger partial charge in [-0.15, -0.1) is 0 Å². The summed E-state index contributed by atoms with van der Waals surface area (Å²) < 4.78 is 0. The first-order valence-corrected chi connectivity index (χ1v) is 5.75. The predicted octanol–water partition coefficient (Wildman–Crippen LogP) is 1.52. The highest BCUT2D eigenvalue weighted by Crippen LogP contribution is 2.18. The SMILES string of the molecule is Cc1ccc(NC(=O)C(=O)NC2CC2)cc1C. The Bertz CT molecular complexity index is 464. The number of carbonyl (C=O) groups is 2. The molecule has 4 heteroatoms. The van der Waals surface area contributed by atoms with Crippen LogP contribution >= 0.6 is 0 Å². The van der Waals surface area contributed by atoms with Gasteiger partial charge in [0, 0.05) is 11.7 Å². The zero-order chi connectivity index (χ0) is 12.4. The highest BCUT2D eigenvalue weighted by Gasteiger charge is 2.26. The molecule has 0 bridgehead atoms. The van der Waals surface area contributed by atoms with Crippen LogP contribution < -0.4 is 10.6 Å². The molecule has 0 spiro atoms. The highest BCUT2D eigenvalue weighted by atomic mass is 16.2. The molecule has 90 valence electrons. The monoisotopic (exact) mass is 232 g/mol. The van der Waals surface area contributed by atoms with Crippen LogP contribution in [0.3, 0.4) is 0 Å². The molecule has 0 heterocycles. The molecule has 1 saturated carbocycles. The third kappa shape index (κ3) is 3.06. The van der Waals surface area contributed by atoms with Crippen molar-refractivity contribution < 1.29 is 9.59 Å². The van der Waals surface area contributed by atoms with Crippen LogP contribution in [0.25, 0.3) is 0 Å². The first-order valence-electron chi connectivity index (χ1n) is 5.75. The molecule has 1 aliphatic rings. The number of rotatable bonds is 2. The maximum atomic E-state index is 11.5. The van der Waals surface area contributed by atoms with Crippen LogP contribution in [0.15, 0.2) is 18.2 Å². The van der Waals surface area contributed by atoms with Gasteiger partial charge >= 0.3 is 11.8 Å². The minimum atomic E-state index is -0.597. The van der Waals surface area contributed by atoms with E-state index in [9.17, 15) is 9.59 Å². The van der Waals surface area contributed by atoms with Crippen LogP contribution in [0.4, 0.5) is 5.69 Å². The maximum absolute atomic E-state index is 11.5. The molecule has 1 aromatic carbocycles. The van der Waals surface area contributed by atoms with Crippen molar-refractivity contribution in [2.24, 2.45) is 0 Å². The molecule has 0 aliphatic heterocycles. The first kappa shape index (κ1) is 11.6. The van der Waals surface area contributed by atoms with E-state index in [1.54, 1.807) is 6.07 Å². The van der Waals surface area contributed by atoms with E-state index < -0.39 is 11.8 Å². The Balaban J connectivity index is 1.96. The number of anilines is 1. The summed E-state index contributed by atoms with van der Waals surface area (Å²) in [5.74, 6) is -1.15. The fraction of sp³-hybridized carbons (Fsp3) is 0.385. The van der Waals surface area contributed by atoms with Gasteiger partial charge in [0.2, 0.25) is 0 Å². The fourth-order valence-electron chi connectivity index (χ4n) is 1.49. The minimum Gasteiger partial charge on any atom is -0.345 e. The normalized spacial score (nSPS) is 14.2. The van der Waals surface area contributed by atoms with Crippen LogP contribution in [-0.4, -0.2) is 17.9 Å². The van der Waals surface area contributed by atoms with E-state index in [-0.39, 0.29) is 6.04 Å². The molecule has 17 heavy (non-hydrogen) atoms. The number of hydrogen-bond acceptors (Lipinski definition) is 2. The molecule has 1 fully saturated rings. The lowest BCUT2D eigenvalue weighted by Gasteiger charge is -2.07. The predicted molar refractivity (Wildman–Crippen MR) is 65.7 cm³/mol. The quantitative estimate of drug-likeness (QED) is 0.759. The van der Waals surface area contributed by atoms with E-state index in [2.05, 4.69) is 10.6 Å². The van der Waals surface area contributed by atoms with E-state index in [0.717, 1.165) is 24.0 Å². The summed E-state index contributed by atoms with van der Waals surface area (Å²) in [5, 5.41) is 5.24. The van der Waals surface area contributed by atoms with Crippen LogP contribution in [0.1, 0.15) is 24.0 Å². The van der Waals surface area contributed by atoms with Gasteiger partial charge in [-0.1, -0.05) is 6.07 Å². The number of hydrogen-bond donors (Lipinski definition) is 2. The maximum Gasteiger partial charge on any atom is 0.313 e. The molecule has 0 saturated heterocycles. The molecular formula is C13H16N2O2. The summed E-state index contributed by atoms with van der Waals surface area (Å²) in [6.45, 7) is 3.97. The van der Waals surface area contributed by atoms with Crippen molar-refractivity contribution in [1.82, 2.24) is 5.32 Å². The van der Waals surface area contributed by atoms with Gasteiger partial charge in [-0.3, -0.25) is 9.59 Å². The second kappa shape index (κ2) is 4.57. The molecule has 0 aromatic heterocycles. The Morgan fingerprint density at radius 3 is 2.41 bits per heavy atom. The molecule has 0 atom stereocenters. The molecule has 0 radical (unpaired) electrons. The van der Waals surface area contributed by atoms with Crippen LogP contribution in [-0.2, 0) is 9.59 Å². The molecule has 2 N–H and O–H groups in total. The topological polar surface area (TPSA) is 58.2 Å².